The smallest absolute Gasteiger partial charge is 0.240 e. The average molecular weight is 461 g/mol. The van der Waals surface area contributed by atoms with Crippen LogP contribution in [0.5, 0.6) is 0 Å². The summed E-state index contributed by atoms with van der Waals surface area (Å²) < 4.78 is 13.9. The molecule has 2 aliphatic heterocycles. The number of amides is 1. The first-order valence-electron chi connectivity index (χ1n) is 14.0. The molecule has 0 aromatic heterocycles. The molecule has 6 heteroatoms. The van der Waals surface area contributed by atoms with Gasteiger partial charge in [-0.25, -0.2) is 4.39 Å². The monoisotopic (exact) mass is 460 g/mol. The lowest BCUT2D eigenvalue weighted by Crippen LogP contribution is -2.50. The van der Waals surface area contributed by atoms with Crippen molar-refractivity contribution in [3.05, 3.63) is 0 Å². The summed E-state index contributed by atoms with van der Waals surface area (Å²) in [5.74, 6) is 3.72. The Balaban J connectivity index is 1.25. The van der Waals surface area contributed by atoms with E-state index < -0.39 is 6.17 Å². The molecular weight excluding hydrogens is 415 g/mol. The van der Waals surface area contributed by atoms with Gasteiger partial charge in [0.05, 0.1) is 18.4 Å². The van der Waals surface area contributed by atoms with E-state index in [-0.39, 0.29) is 24.4 Å². The third kappa shape index (κ3) is 5.11. The van der Waals surface area contributed by atoms with E-state index in [0.29, 0.717) is 36.7 Å². The second kappa shape index (κ2) is 10.2. The van der Waals surface area contributed by atoms with Gasteiger partial charge in [0.1, 0.15) is 6.17 Å². The van der Waals surface area contributed by atoms with Crippen LogP contribution in [0.1, 0.15) is 89.9 Å². The minimum Gasteiger partial charge on any atom is -0.387 e. The number of rotatable bonds is 5. The predicted molar refractivity (Wildman–Crippen MR) is 130 cm³/mol. The quantitative estimate of drug-likeness (QED) is 0.460. The minimum absolute atomic E-state index is 0.0907. The average Bonchev–Trinajstić information content (AvgIpc) is 3.43. The fourth-order valence-electron chi connectivity index (χ4n) is 8.21. The molecule has 0 aromatic carbocycles. The molecule has 5 atom stereocenters. The number of carbonyl (C=O) groups is 1. The third-order valence-electron chi connectivity index (χ3n) is 10.2. The summed E-state index contributed by atoms with van der Waals surface area (Å²) >= 11 is 0. The molecule has 5 aliphatic rings. The molecule has 5 rings (SSSR count). The number of likely N-dealkylation sites (tertiary alicyclic amines) is 2. The number of halogens is 1. The molecule has 5 fully saturated rings. The van der Waals surface area contributed by atoms with Crippen LogP contribution in [-0.2, 0) is 4.79 Å². The van der Waals surface area contributed by atoms with Gasteiger partial charge in [0.25, 0.3) is 0 Å². The lowest BCUT2D eigenvalue weighted by Gasteiger charge is -2.41. The number of fused-ring (bicyclic) bond motifs is 1. The molecule has 3 N–H and O–H groups in total. The summed E-state index contributed by atoms with van der Waals surface area (Å²) in [6.07, 6.45) is 16.0. The van der Waals surface area contributed by atoms with Crippen LogP contribution in [0, 0.1) is 35.0 Å². The number of nitrogens with zero attached hydrogens (tertiary/aromatic N) is 2. The second-order valence-corrected chi connectivity index (χ2v) is 12.1. The van der Waals surface area contributed by atoms with Crippen LogP contribution in [0.4, 0.5) is 4.39 Å². The van der Waals surface area contributed by atoms with Crippen molar-refractivity contribution in [2.75, 3.05) is 19.6 Å². The maximum absolute atomic E-state index is 13.9. The topological polar surface area (TPSA) is 73.4 Å². The van der Waals surface area contributed by atoms with Gasteiger partial charge in [0.15, 0.2) is 0 Å². The molecule has 33 heavy (non-hydrogen) atoms. The molecule has 2 saturated heterocycles. The molecule has 3 saturated carbocycles. The number of hydrogen-bond donors (Lipinski definition) is 2. The number of nitrogens with two attached hydrogens (primary N) is 1. The highest BCUT2D eigenvalue weighted by atomic mass is 19.1. The van der Waals surface area contributed by atoms with Crippen molar-refractivity contribution in [2.45, 2.75) is 108 Å². The van der Waals surface area contributed by atoms with Gasteiger partial charge < -0.3 is 10.6 Å². The zero-order valence-electron chi connectivity index (χ0n) is 20.4. The van der Waals surface area contributed by atoms with Gasteiger partial charge >= 0.3 is 0 Å². The molecule has 4 unspecified atom stereocenters. The lowest BCUT2D eigenvalue weighted by molar-refractivity contribution is -0.136. The van der Waals surface area contributed by atoms with Crippen LogP contribution in [-0.4, -0.2) is 59.4 Å². The Labute approximate surface area is 199 Å². The molecule has 0 bridgehead atoms. The number of amidine groups is 1. The summed E-state index contributed by atoms with van der Waals surface area (Å²) in [4.78, 5) is 17.8. The first-order chi connectivity index (χ1) is 16.0. The normalized spacial score (nSPS) is 40.6. The fraction of sp³-hybridized carbons (Fsp3) is 0.926. The van der Waals surface area contributed by atoms with Crippen molar-refractivity contribution in [3.8, 4) is 0 Å². The van der Waals surface area contributed by atoms with E-state index in [2.05, 4.69) is 4.90 Å². The number of hydrogen-bond acceptors (Lipinski definition) is 3. The van der Waals surface area contributed by atoms with Crippen molar-refractivity contribution in [1.29, 1.82) is 5.41 Å². The fourth-order valence-corrected chi connectivity index (χ4v) is 8.21. The van der Waals surface area contributed by atoms with Crippen molar-refractivity contribution < 1.29 is 9.18 Å². The van der Waals surface area contributed by atoms with E-state index in [9.17, 15) is 9.18 Å². The summed E-state index contributed by atoms with van der Waals surface area (Å²) in [7, 11) is 0. The van der Waals surface area contributed by atoms with Crippen molar-refractivity contribution in [1.82, 2.24) is 9.80 Å². The maximum atomic E-state index is 13.9. The zero-order chi connectivity index (χ0) is 22.9. The highest BCUT2D eigenvalue weighted by Crippen LogP contribution is 2.45. The molecule has 0 spiro atoms. The summed E-state index contributed by atoms with van der Waals surface area (Å²) in [5.41, 5.74) is 5.92. The van der Waals surface area contributed by atoms with Gasteiger partial charge in [-0.15, -0.1) is 0 Å². The number of alkyl halides is 1. The van der Waals surface area contributed by atoms with Gasteiger partial charge in [-0.2, -0.15) is 0 Å². The number of carbonyl (C=O) groups excluding carboxylic acids is 1. The molecule has 3 aliphatic carbocycles. The maximum Gasteiger partial charge on any atom is 0.240 e. The number of nitrogens with one attached hydrogen (secondary N) is 1. The van der Waals surface area contributed by atoms with E-state index in [1.54, 1.807) is 4.90 Å². The van der Waals surface area contributed by atoms with Crippen molar-refractivity contribution in [3.63, 3.8) is 0 Å². The van der Waals surface area contributed by atoms with Gasteiger partial charge in [-0.05, 0) is 81.5 Å². The molecule has 186 valence electrons. The lowest BCUT2D eigenvalue weighted by atomic mass is 9.71. The van der Waals surface area contributed by atoms with E-state index in [0.717, 1.165) is 44.1 Å². The summed E-state index contributed by atoms with van der Waals surface area (Å²) in [6.45, 7) is 1.86. The second-order valence-electron chi connectivity index (χ2n) is 12.1. The van der Waals surface area contributed by atoms with E-state index in [4.69, 9.17) is 11.1 Å². The zero-order valence-corrected chi connectivity index (χ0v) is 20.4. The van der Waals surface area contributed by atoms with Crippen LogP contribution < -0.4 is 5.73 Å². The van der Waals surface area contributed by atoms with Crippen LogP contribution in [0.2, 0.25) is 0 Å². The molecule has 1 amide bonds. The third-order valence-corrected chi connectivity index (χ3v) is 10.2. The first kappa shape index (κ1) is 23.6. The van der Waals surface area contributed by atoms with Crippen LogP contribution >= 0.6 is 0 Å². The van der Waals surface area contributed by atoms with Crippen molar-refractivity contribution >= 4 is 11.7 Å². The van der Waals surface area contributed by atoms with Crippen LogP contribution in [0.25, 0.3) is 0 Å². The van der Waals surface area contributed by atoms with Crippen molar-refractivity contribution in [2.24, 2.45) is 35.3 Å². The van der Waals surface area contributed by atoms with E-state index >= 15 is 0 Å². The first-order valence-corrected chi connectivity index (χ1v) is 14.0. The Morgan fingerprint density at radius 3 is 2.24 bits per heavy atom. The molecule has 2 heterocycles. The Bertz CT molecular complexity index is 702. The van der Waals surface area contributed by atoms with Gasteiger partial charge in [-0.1, -0.05) is 32.1 Å². The minimum atomic E-state index is -0.858. The largest absolute Gasteiger partial charge is 0.387 e. The van der Waals surface area contributed by atoms with Gasteiger partial charge in [0.2, 0.25) is 5.91 Å². The SMILES string of the molecule is N=C(N)C1CCC2CC(C(=O)N3CC[C@H](F)C3)N(CC3CCC(C4CCCCC4)CC3)C2C1. The Kier molecular flexibility index (Phi) is 7.29. The van der Waals surface area contributed by atoms with Crippen LogP contribution in [0.15, 0.2) is 0 Å². The molecule has 5 nitrogen and oxygen atoms in total. The Morgan fingerprint density at radius 2 is 1.58 bits per heavy atom. The highest BCUT2D eigenvalue weighted by Gasteiger charge is 2.49. The standard InChI is InChI=1S/C27H45FN4O/c28-23-12-13-31(17-23)27(33)25-14-21-10-11-22(26(29)30)15-24(21)32(25)16-18-6-8-20(9-7-18)19-4-2-1-3-5-19/h18-25H,1-17H2,(H3,29,30)/t18?,20?,21?,22?,23-,24?,25?/m0/s1. The highest BCUT2D eigenvalue weighted by molar-refractivity contribution is 5.83. The van der Waals surface area contributed by atoms with Gasteiger partial charge in [0, 0.05) is 25.0 Å². The molecular formula is C27H45FN4O. The predicted octanol–water partition coefficient (Wildman–Crippen LogP) is 4.74. The summed E-state index contributed by atoms with van der Waals surface area (Å²) in [6, 6.07) is 0.272. The molecule has 0 aromatic rings. The van der Waals surface area contributed by atoms with E-state index in [1.165, 1.54) is 57.8 Å². The van der Waals surface area contributed by atoms with Crippen LogP contribution in [0.3, 0.4) is 0 Å². The molecule has 0 radical (unpaired) electrons. The summed E-state index contributed by atoms with van der Waals surface area (Å²) in [5, 5.41) is 8.01. The Hall–Kier alpha value is -1.17. The van der Waals surface area contributed by atoms with E-state index in [1.807, 2.05) is 0 Å². The van der Waals surface area contributed by atoms with Gasteiger partial charge in [-0.3, -0.25) is 15.1 Å². The Morgan fingerprint density at radius 1 is 0.879 bits per heavy atom.